The lowest BCUT2D eigenvalue weighted by atomic mass is 9.97. The maximum Gasteiger partial charge on any atom is 0.355 e. The molecule has 0 bridgehead atoms. The van der Waals surface area contributed by atoms with Gasteiger partial charge in [-0.15, -0.1) is 0 Å². The number of nitrogens with one attached hydrogen (secondary N) is 1. The summed E-state index contributed by atoms with van der Waals surface area (Å²) in [6.45, 7) is 8.87. The highest BCUT2D eigenvalue weighted by Gasteiger charge is 2.28. The minimum atomic E-state index is -0.272. The summed E-state index contributed by atoms with van der Waals surface area (Å²) in [6, 6.07) is 20.9. The number of aromatic amines is 1. The number of H-pyrrole nitrogens is 1. The van der Waals surface area contributed by atoms with Crippen molar-refractivity contribution < 1.29 is 23.7 Å². The predicted molar refractivity (Wildman–Crippen MR) is 190 cm³/mol. The van der Waals surface area contributed by atoms with E-state index in [1.165, 1.54) is 0 Å². The molecule has 1 fully saturated rings. The number of hydrogen-bond donors (Lipinski definition) is 1. The molecule has 0 saturated carbocycles. The Balaban J connectivity index is 0.00000401. The monoisotopic (exact) mass is 652 g/mol. The minimum absolute atomic E-state index is 0. The first-order valence-electron chi connectivity index (χ1n) is 17.1. The summed E-state index contributed by atoms with van der Waals surface area (Å²) in [5.74, 6) is 0.609. The van der Waals surface area contributed by atoms with E-state index < -0.39 is 0 Å². The van der Waals surface area contributed by atoms with Crippen molar-refractivity contribution in [2.75, 3.05) is 52.7 Å². The molecule has 1 N–H and O–H groups in total. The Hall–Kier alpha value is -4.18. The van der Waals surface area contributed by atoms with Crippen molar-refractivity contribution in [3.8, 4) is 16.9 Å². The lowest BCUT2D eigenvalue weighted by Gasteiger charge is -2.26. The van der Waals surface area contributed by atoms with Gasteiger partial charge in [-0.3, -0.25) is 10.00 Å². The van der Waals surface area contributed by atoms with Crippen LogP contribution < -0.4 is 4.74 Å². The van der Waals surface area contributed by atoms with Crippen molar-refractivity contribution >= 4 is 27.6 Å². The van der Waals surface area contributed by atoms with Crippen molar-refractivity contribution in [1.29, 1.82) is 0 Å². The fourth-order valence-corrected chi connectivity index (χ4v) is 7.11. The average molecular weight is 653 g/mol. The number of fused-ring (bicyclic) bond motifs is 3. The first kappa shape index (κ1) is 33.7. The van der Waals surface area contributed by atoms with E-state index in [1.54, 1.807) is 0 Å². The van der Waals surface area contributed by atoms with Crippen molar-refractivity contribution in [3.63, 3.8) is 0 Å². The van der Waals surface area contributed by atoms with Gasteiger partial charge in [0.1, 0.15) is 11.4 Å². The number of carbonyl (C=O) groups excluding carboxylic acids is 1. The Labute approximate surface area is 283 Å². The van der Waals surface area contributed by atoms with E-state index >= 15 is 0 Å². The second-order valence-electron chi connectivity index (χ2n) is 12.3. The number of ether oxygens (including phenoxy) is 4. The van der Waals surface area contributed by atoms with Crippen LogP contribution in [0, 0.1) is 0 Å². The zero-order valence-electron chi connectivity index (χ0n) is 27.3. The lowest BCUT2D eigenvalue weighted by Crippen LogP contribution is -2.37. The Kier molecular flexibility index (Phi) is 11.1. The van der Waals surface area contributed by atoms with Gasteiger partial charge in [-0.1, -0.05) is 62.0 Å². The molecular formula is C39H48N4O5. The van der Waals surface area contributed by atoms with Crippen molar-refractivity contribution in [2.45, 2.75) is 59.6 Å². The zero-order chi connectivity index (χ0) is 32.0. The van der Waals surface area contributed by atoms with Crippen LogP contribution in [0.4, 0.5) is 0 Å². The molecule has 254 valence electrons. The molecule has 0 amide bonds. The molecule has 48 heavy (non-hydrogen) atoms. The van der Waals surface area contributed by atoms with Gasteiger partial charge in [0.25, 0.3) is 0 Å². The minimum Gasteiger partial charge on any atom is -0.493 e. The number of hydrogen-bond acceptors (Lipinski definition) is 7. The Morgan fingerprint density at radius 3 is 2.60 bits per heavy atom. The van der Waals surface area contributed by atoms with Crippen LogP contribution in [0.1, 0.15) is 61.1 Å². The molecule has 4 heterocycles. The fourth-order valence-electron chi connectivity index (χ4n) is 7.11. The molecule has 9 heteroatoms. The molecule has 0 spiro atoms. The molecular weight excluding hydrogens is 604 g/mol. The van der Waals surface area contributed by atoms with Gasteiger partial charge in [0.05, 0.1) is 49.9 Å². The highest BCUT2D eigenvalue weighted by Crippen LogP contribution is 2.39. The SMILES string of the molecule is C.CCOC(=O)c1c(CCCOc2cccc3ccccc23)c2cccc3c2n1CCCCOCc1[nH]nc(CCN2CCOCC2)c1-3. The number of benzene rings is 3. The van der Waals surface area contributed by atoms with E-state index in [-0.39, 0.29) is 13.4 Å². The summed E-state index contributed by atoms with van der Waals surface area (Å²) in [6.07, 6.45) is 4.05. The second-order valence-corrected chi connectivity index (χ2v) is 12.3. The van der Waals surface area contributed by atoms with Crippen molar-refractivity contribution in [2.24, 2.45) is 0 Å². The molecule has 3 aromatic carbocycles. The van der Waals surface area contributed by atoms with Gasteiger partial charge in [0.15, 0.2) is 0 Å². The molecule has 9 nitrogen and oxygen atoms in total. The number of aryl methyl sites for hydroxylation is 2. The molecule has 0 atom stereocenters. The summed E-state index contributed by atoms with van der Waals surface area (Å²) < 4.78 is 26.0. The summed E-state index contributed by atoms with van der Waals surface area (Å²) in [7, 11) is 0. The lowest BCUT2D eigenvalue weighted by molar-refractivity contribution is 0.0383. The van der Waals surface area contributed by atoms with Crippen LogP contribution in [0.5, 0.6) is 5.75 Å². The van der Waals surface area contributed by atoms with Gasteiger partial charge < -0.3 is 23.5 Å². The van der Waals surface area contributed by atoms with E-state index in [0.717, 1.165) is 114 Å². The van der Waals surface area contributed by atoms with Gasteiger partial charge in [-0.25, -0.2) is 4.79 Å². The van der Waals surface area contributed by atoms with Gasteiger partial charge in [0.2, 0.25) is 0 Å². The first-order valence-corrected chi connectivity index (χ1v) is 17.1. The molecule has 2 aliphatic rings. The number of carbonyl (C=O) groups is 1. The number of esters is 1. The van der Waals surface area contributed by atoms with Crippen molar-refractivity contribution in [3.05, 3.63) is 83.3 Å². The Morgan fingerprint density at radius 1 is 0.917 bits per heavy atom. The zero-order valence-corrected chi connectivity index (χ0v) is 27.3. The molecule has 5 aromatic rings. The van der Waals surface area contributed by atoms with E-state index in [0.29, 0.717) is 45.1 Å². The van der Waals surface area contributed by atoms with E-state index in [9.17, 15) is 4.79 Å². The van der Waals surface area contributed by atoms with E-state index in [2.05, 4.69) is 51.0 Å². The quantitative estimate of drug-likeness (QED) is 0.126. The van der Waals surface area contributed by atoms with Crippen LogP contribution in [0.25, 0.3) is 32.8 Å². The van der Waals surface area contributed by atoms with Crippen LogP contribution in [-0.4, -0.2) is 78.3 Å². The number of morpholine rings is 1. The van der Waals surface area contributed by atoms with Crippen LogP contribution in [0.3, 0.4) is 0 Å². The highest BCUT2D eigenvalue weighted by molar-refractivity contribution is 6.05. The van der Waals surface area contributed by atoms with Crippen LogP contribution >= 0.6 is 0 Å². The predicted octanol–water partition coefficient (Wildman–Crippen LogP) is 7.19. The third kappa shape index (κ3) is 6.99. The van der Waals surface area contributed by atoms with Gasteiger partial charge in [-0.2, -0.15) is 5.10 Å². The van der Waals surface area contributed by atoms with Gasteiger partial charge in [0, 0.05) is 61.1 Å². The number of aromatic nitrogens is 3. The normalized spacial score (nSPS) is 15.4. The topological polar surface area (TPSA) is 90.8 Å². The van der Waals surface area contributed by atoms with Crippen LogP contribution in [0.15, 0.2) is 60.7 Å². The first-order chi connectivity index (χ1) is 23.2. The average Bonchev–Trinajstić information content (AvgIpc) is 3.65. The smallest absolute Gasteiger partial charge is 0.355 e. The van der Waals surface area contributed by atoms with Crippen LogP contribution in [0.2, 0.25) is 0 Å². The number of rotatable bonds is 10. The number of nitrogens with zero attached hydrogens (tertiary/aromatic N) is 3. The summed E-state index contributed by atoms with van der Waals surface area (Å²) in [5.41, 5.74) is 6.92. The Morgan fingerprint density at radius 2 is 1.73 bits per heavy atom. The second kappa shape index (κ2) is 15.8. The molecule has 0 aliphatic carbocycles. The highest BCUT2D eigenvalue weighted by atomic mass is 16.5. The summed E-state index contributed by atoms with van der Waals surface area (Å²) >= 11 is 0. The third-order valence-corrected chi connectivity index (χ3v) is 9.35. The largest absolute Gasteiger partial charge is 0.493 e. The third-order valence-electron chi connectivity index (χ3n) is 9.35. The van der Waals surface area contributed by atoms with E-state index in [4.69, 9.17) is 24.0 Å². The fraction of sp³-hybridized carbons (Fsp3) is 0.436. The molecule has 0 unspecified atom stereocenters. The maximum absolute atomic E-state index is 13.8. The molecule has 2 aromatic heterocycles. The van der Waals surface area contributed by atoms with Crippen molar-refractivity contribution in [1.82, 2.24) is 19.7 Å². The molecule has 1 saturated heterocycles. The number of para-hydroxylation sites is 1. The standard InChI is InChI=1S/C38H44N4O5.CH4/c1-2-46-38(43)37-30(15-9-23-47-34-16-7-11-27-10-3-4-12-28(27)34)29-13-8-14-31-35-32(17-19-41-20-24-44-25-21-41)39-40-33(35)26-45-22-6-5-18-42(37)36(29)31;/h3-4,7-8,10-14,16H,2,5-6,9,15,17-26H2,1H3,(H,39,40);1H4. The molecule has 2 aliphatic heterocycles. The summed E-state index contributed by atoms with van der Waals surface area (Å²) in [5, 5.41) is 11.5. The Bertz CT molecular complexity index is 1830. The van der Waals surface area contributed by atoms with E-state index in [1.807, 2.05) is 31.2 Å². The van der Waals surface area contributed by atoms with Crippen LogP contribution in [-0.2, 0) is 40.2 Å². The summed E-state index contributed by atoms with van der Waals surface area (Å²) in [4.78, 5) is 16.2. The molecule has 0 radical (unpaired) electrons. The maximum atomic E-state index is 13.8. The van der Waals surface area contributed by atoms with Gasteiger partial charge >= 0.3 is 5.97 Å². The van der Waals surface area contributed by atoms with Gasteiger partial charge in [-0.05, 0) is 49.6 Å². The molecule has 7 rings (SSSR count).